The van der Waals surface area contributed by atoms with Crippen molar-refractivity contribution < 1.29 is 28.9 Å². The van der Waals surface area contributed by atoms with Crippen molar-refractivity contribution in [1.29, 1.82) is 0 Å². The Labute approximate surface area is 150 Å². The number of H-pyrrole nitrogens is 1. The summed E-state index contributed by atoms with van der Waals surface area (Å²) in [4.78, 5) is 28.7. The summed E-state index contributed by atoms with van der Waals surface area (Å²) in [5, 5.41) is 11.4. The van der Waals surface area contributed by atoms with Crippen molar-refractivity contribution in [2.75, 3.05) is 25.7 Å². The number of aromatic hydroxyl groups is 1. The number of hydrogen-bond donors (Lipinski definition) is 2. The number of ether oxygens (including phenoxy) is 3. The van der Waals surface area contributed by atoms with Gasteiger partial charge in [0.2, 0.25) is 0 Å². The zero-order chi connectivity index (χ0) is 19.2. The van der Waals surface area contributed by atoms with E-state index in [4.69, 9.17) is 14.2 Å². The second kappa shape index (κ2) is 6.12. The number of carbonyl (C=O) groups excluding carboxylic acids is 2. The maximum absolute atomic E-state index is 12.5. The van der Waals surface area contributed by atoms with Crippen molar-refractivity contribution in [1.82, 2.24) is 4.98 Å². The minimum Gasteiger partial charge on any atom is -0.503 e. The molecule has 0 bridgehead atoms. The van der Waals surface area contributed by atoms with Crippen LogP contribution in [0.5, 0.6) is 11.5 Å². The van der Waals surface area contributed by atoms with Gasteiger partial charge in [-0.25, -0.2) is 9.59 Å². The van der Waals surface area contributed by atoms with Crippen LogP contribution in [0.4, 0.5) is 10.5 Å². The third-order valence-corrected chi connectivity index (χ3v) is 4.17. The molecule has 140 valence electrons. The summed E-state index contributed by atoms with van der Waals surface area (Å²) >= 11 is 0. The summed E-state index contributed by atoms with van der Waals surface area (Å²) in [5.41, 5.74) is 1.16. The van der Waals surface area contributed by atoms with Gasteiger partial charge in [-0.1, -0.05) is 0 Å². The van der Waals surface area contributed by atoms with Gasteiger partial charge in [0.15, 0.2) is 11.5 Å². The van der Waals surface area contributed by atoms with E-state index in [2.05, 4.69) is 4.98 Å². The van der Waals surface area contributed by atoms with Crippen LogP contribution >= 0.6 is 0 Å². The first-order valence-electron chi connectivity index (χ1n) is 8.21. The Morgan fingerprint density at radius 3 is 2.54 bits per heavy atom. The summed E-state index contributed by atoms with van der Waals surface area (Å²) in [7, 11) is 2.70. The molecule has 2 N–H and O–H groups in total. The Hall–Kier alpha value is -2.90. The first-order valence-corrected chi connectivity index (χ1v) is 8.21. The lowest BCUT2D eigenvalue weighted by molar-refractivity contribution is 0.0578. The lowest BCUT2D eigenvalue weighted by Crippen LogP contribution is -2.35. The number of phenols is 1. The third-order valence-electron chi connectivity index (χ3n) is 4.17. The minimum absolute atomic E-state index is 0.157. The van der Waals surface area contributed by atoms with Gasteiger partial charge in [-0.05, 0) is 38.8 Å². The van der Waals surface area contributed by atoms with E-state index >= 15 is 0 Å². The van der Waals surface area contributed by atoms with Gasteiger partial charge in [0.05, 0.1) is 25.4 Å². The highest BCUT2D eigenvalue weighted by atomic mass is 16.6. The molecule has 0 unspecified atom stereocenters. The number of esters is 1. The van der Waals surface area contributed by atoms with Gasteiger partial charge >= 0.3 is 12.1 Å². The summed E-state index contributed by atoms with van der Waals surface area (Å²) in [6.07, 6.45) is -0.0298. The van der Waals surface area contributed by atoms with Crippen molar-refractivity contribution in [2.45, 2.75) is 32.8 Å². The van der Waals surface area contributed by atoms with Gasteiger partial charge in [0.25, 0.3) is 0 Å². The largest absolute Gasteiger partial charge is 0.503 e. The van der Waals surface area contributed by atoms with Crippen molar-refractivity contribution in [3.63, 3.8) is 0 Å². The molecule has 1 aromatic heterocycles. The standard InChI is InChI=1S/C18H22N2O6/c1-18(2,3)26-17(23)20-7-6-9-10-8-11(16(22)25-5)19-12(10)15(24-4)14(21)13(9)20/h8,19,21H,6-7H2,1-5H3. The quantitative estimate of drug-likeness (QED) is 0.797. The number of fused-ring (bicyclic) bond motifs is 3. The molecule has 0 spiro atoms. The first-order chi connectivity index (χ1) is 12.2. The Balaban J connectivity index is 2.17. The van der Waals surface area contributed by atoms with Gasteiger partial charge < -0.3 is 24.3 Å². The minimum atomic E-state index is -0.657. The zero-order valence-electron chi connectivity index (χ0n) is 15.4. The number of amides is 1. The van der Waals surface area contributed by atoms with Crippen LogP contribution in [0, 0.1) is 0 Å². The second-order valence-corrected chi connectivity index (χ2v) is 7.05. The summed E-state index contributed by atoms with van der Waals surface area (Å²) in [6, 6.07) is 1.64. The fraction of sp³-hybridized carbons (Fsp3) is 0.444. The number of rotatable bonds is 2. The Morgan fingerprint density at radius 2 is 1.96 bits per heavy atom. The van der Waals surface area contributed by atoms with Crippen LogP contribution in [0.1, 0.15) is 36.8 Å². The van der Waals surface area contributed by atoms with Crippen molar-refractivity contribution in [3.8, 4) is 11.5 Å². The molecule has 0 saturated carbocycles. The van der Waals surface area contributed by atoms with Crippen LogP contribution in [0.3, 0.4) is 0 Å². The van der Waals surface area contributed by atoms with Crippen molar-refractivity contribution in [2.24, 2.45) is 0 Å². The Bertz CT molecular complexity index is 893. The molecule has 0 aliphatic carbocycles. The molecule has 0 atom stereocenters. The van der Waals surface area contributed by atoms with Crippen LogP contribution < -0.4 is 9.64 Å². The van der Waals surface area contributed by atoms with Crippen LogP contribution in [0.2, 0.25) is 0 Å². The van der Waals surface area contributed by atoms with E-state index in [0.717, 1.165) is 5.56 Å². The number of aromatic nitrogens is 1. The molecule has 0 radical (unpaired) electrons. The normalized spacial score (nSPS) is 13.7. The molecule has 0 saturated heterocycles. The fourth-order valence-corrected chi connectivity index (χ4v) is 3.17. The van der Waals surface area contributed by atoms with E-state index in [1.54, 1.807) is 26.8 Å². The summed E-state index contributed by atoms with van der Waals surface area (Å²) < 4.78 is 15.5. The highest BCUT2D eigenvalue weighted by molar-refractivity contribution is 6.06. The maximum atomic E-state index is 12.5. The fourth-order valence-electron chi connectivity index (χ4n) is 3.17. The lowest BCUT2D eigenvalue weighted by Gasteiger charge is -2.25. The molecule has 8 heteroatoms. The summed E-state index contributed by atoms with van der Waals surface area (Å²) in [5.74, 6) is -0.542. The van der Waals surface area contributed by atoms with Gasteiger partial charge in [0, 0.05) is 11.9 Å². The van der Waals surface area contributed by atoms with Gasteiger partial charge in [0.1, 0.15) is 11.3 Å². The molecule has 2 heterocycles. The number of nitrogens with one attached hydrogen (secondary N) is 1. The highest BCUT2D eigenvalue weighted by Crippen LogP contribution is 2.49. The number of carbonyl (C=O) groups is 2. The molecular weight excluding hydrogens is 340 g/mol. The van der Waals surface area contributed by atoms with E-state index in [-0.39, 0.29) is 17.2 Å². The number of nitrogens with zero attached hydrogens (tertiary/aromatic N) is 1. The van der Waals surface area contributed by atoms with Gasteiger partial charge in [-0.3, -0.25) is 4.90 Å². The monoisotopic (exact) mass is 362 g/mol. The number of benzene rings is 1. The average Bonchev–Trinajstić information content (AvgIpc) is 3.17. The van der Waals surface area contributed by atoms with Gasteiger partial charge in [-0.15, -0.1) is 0 Å². The molecule has 3 rings (SSSR count). The molecule has 2 aromatic rings. The second-order valence-electron chi connectivity index (χ2n) is 7.05. The van der Waals surface area contributed by atoms with E-state index in [1.165, 1.54) is 19.1 Å². The number of hydrogen-bond acceptors (Lipinski definition) is 6. The third kappa shape index (κ3) is 2.81. The predicted molar refractivity (Wildman–Crippen MR) is 95.1 cm³/mol. The summed E-state index contributed by atoms with van der Waals surface area (Å²) in [6.45, 7) is 5.69. The SMILES string of the molecule is COC(=O)c1cc2c3c(c(O)c(OC)c2[nH]1)N(C(=O)OC(C)(C)C)CC3. The number of aromatic amines is 1. The van der Waals surface area contributed by atoms with E-state index in [1.807, 2.05) is 0 Å². The molecule has 1 aliphatic rings. The maximum Gasteiger partial charge on any atom is 0.414 e. The van der Waals surface area contributed by atoms with Crippen molar-refractivity contribution >= 4 is 28.7 Å². The molecule has 1 aliphatic heterocycles. The number of methoxy groups -OCH3 is 2. The van der Waals surface area contributed by atoms with Crippen LogP contribution in [-0.4, -0.2) is 48.5 Å². The first kappa shape index (κ1) is 17.9. The van der Waals surface area contributed by atoms with E-state index in [9.17, 15) is 14.7 Å². The molecule has 26 heavy (non-hydrogen) atoms. The highest BCUT2D eigenvalue weighted by Gasteiger charge is 2.35. The van der Waals surface area contributed by atoms with E-state index < -0.39 is 17.7 Å². The molecule has 1 aromatic carbocycles. The predicted octanol–water partition coefficient (Wildman–Crippen LogP) is 2.97. The topological polar surface area (TPSA) is 101 Å². The van der Waals surface area contributed by atoms with Crippen molar-refractivity contribution in [3.05, 3.63) is 17.3 Å². The number of anilines is 1. The Morgan fingerprint density at radius 1 is 1.27 bits per heavy atom. The molecular formula is C18H22N2O6. The smallest absolute Gasteiger partial charge is 0.414 e. The van der Waals surface area contributed by atoms with Gasteiger partial charge in [-0.2, -0.15) is 0 Å². The zero-order valence-corrected chi connectivity index (χ0v) is 15.4. The van der Waals surface area contributed by atoms with Crippen LogP contribution in [-0.2, 0) is 15.9 Å². The van der Waals surface area contributed by atoms with Crippen LogP contribution in [0.25, 0.3) is 10.9 Å². The molecule has 1 amide bonds. The average molecular weight is 362 g/mol. The molecule has 8 nitrogen and oxygen atoms in total. The number of phenolic OH excluding ortho intramolecular Hbond substituents is 1. The lowest BCUT2D eigenvalue weighted by atomic mass is 10.1. The molecule has 0 fully saturated rings. The van der Waals surface area contributed by atoms with E-state index in [0.29, 0.717) is 29.6 Å². The Kier molecular flexibility index (Phi) is 4.21. The van der Waals surface area contributed by atoms with Crippen LogP contribution in [0.15, 0.2) is 6.07 Å².